The highest BCUT2D eigenvalue weighted by Gasteiger charge is 2.09. The minimum Gasteiger partial charge on any atom is -0.495 e. The molecule has 1 N–H and O–H groups in total. The summed E-state index contributed by atoms with van der Waals surface area (Å²) in [5, 5.41) is 8.72. The van der Waals surface area contributed by atoms with E-state index in [4.69, 9.17) is 9.84 Å². The van der Waals surface area contributed by atoms with Crippen molar-refractivity contribution in [2.75, 3.05) is 27.3 Å². The Kier molecular flexibility index (Phi) is 6.99. The molecule has 0 amide bonds. The summed E-state index contributed by atoms with van der Waals surface area (Å²) in [5.41, 5.74) is 1.59. The number of nitrogens with zero attached hydrogens (tertiary/aromatic N) is 1. The van der Waals surface area contributed by atoms with Gasteiger partial charge in [0, 0.05) is 13.0 Å². The monoisotopic (exact) mass is 283 g/mol. The number of aliphatic hydroxyl groups excluding tert-OH is 1. The van der Waals surface area contributed by atoms with E-state index in [-0.39, 0.29) is 13.2 Å². The first-order valence-electron chi connectivity index (χ1n) is 6.30. The Balaban J connectivity index is 2.84. The Bertz CT molecular complexity index is 480. The molecule has 0 aliphatic rings. The Morgan fingerprint density at radius 2 is 2.15 bits per heavy atom. The lowest BCUT2D eigenvalue weighted by Crippen LogP contribution is -2.24. The number of rotatable bonds is 6. The van der Waals surface area contributed by atoms with Crippen LogP contribution in [0, 0.1) is 11.8 Å². The summed E-state index contributed by atoms with van der Waals surface area (Å²) >= 11 is 0. The second kappa shape index (κ2) is 8.51. The molecule has 1 rings (SSSR count). The fraction of sp³-hybridized carbons (Fsp3) is 0.467. The van der Waals surface area contributed by atoms with Crippen LogP contribution in [0.2, 0.25) is 0 Å². The van der Waals surface area contributed by atoms with E-state index in [1.54, 1.807) is 25.1 Å². The van der Waals surface area contributed by atoms with Crippen LogP contribution in [0.3, 0.4) is 0 Å². The maximum atomic E-state index is 12.3. The van der Waals surface area contributed by atoms with E-state index in [2.05, 4.69) is 11.8 Å². The van der Waals surface area contributed by atoms with Crippen LogP contribution in [0.15, 0.2) is 18.2 Å². The molecule has 0 bridgehead atoms. The van der Waals surface area contributed by atoms with Crippen molar-refractivity contribution >= 4 is 0 Å². The van der Waals surface area contributed by atoms with Gasteiger partial charge in [-0.25, -0.2) is 8.78 Å². The number of methoxy groups -OCH3 is 1. The van der Waals surface area contributed by atoms with E-state index in [0.29, 0.717) is 24.3 Å². The van der Waals surface area contributed by atoms with Crippen LogP contribution in [0.4, 0.5) is 8.78 Å². The van der Waals surface area contributed by atoms with Crippen LogP contribution >= 0.6 is 0 Å². The highest BCUT2D eigenvalue weighted by atomic mass is 19.3. The number of hydrogen-bond donors (Lipinski definition) is 1. The van der Waals surface area contributed by atoms with E-state index < -0.39 is 6.43 Å². The fourth-order valence-corrected chi connectivity index (χ4v) is 1.78. The zero-order valence-electron chi connectivity index (χ0n) is 11.7. The van der Waals surface area contributed by atoms with E-state index >= 15 is 0 Å². The molecule has 0 heterocycles. The molecule has 0 aromatic heterocycles. The summed E-state index contributed by atoms with van der Waals surface area (Å²) < 4.78 is 29.8. The van der Waals surface area contributed by atoms with Gasteiger partial charge in [-0.05, 0) is 24.7 Å². The zero-order valence-corrected chi connectivity index (χ0v) is 11.7. The molecule has 0 radical (unpaired) electrons. The van der Waals surface area contributed by atoms with Gasteiger partial charge in [-0.3, -0.25) is 4.90 Å². The van der Waals surface area contributed by atoms with Crippen LogP contribution in [-0.4, -0.2) is 43.7 Å². The maximum Gasteiger partial charge on any atom is 0.251 e. The van der Waals surface area contributed by atoms with Crippen molar-refractivity contribution in [2.24, 2.45) is 0 Å². The molecule has 1 aromatic rings. The summed E-state index contributed by atoms with van der Waals surface area (Å²) in [5.74, 6) is 6.38. The van der Waals surface area contributed by atoms with Crippen molar-refractivity contribution in [3.05, 3.63) is 29.3 Å². The molecule has 5 heteroatoms. The number of aliphatic hydroxyl groups is 1. The molecule has 0 saturated heterocycles. The van der Waals surface area contributed by atoms with E-state index in [1.165, 1.54) is 0 Å². The summed E-state index contributed by atoms with van der Waals surface area (Å²) in [6.07, 6.45) is -1.96. The van der Waals surface area contributed by atoms with Gasteiger partial charge in [-0.2, -0.15) is 0 Å². The molecule has 0 unspecified atom stereocenters. The molecule has 20 heavy (non-hydrogen) atoms. The quantitative estimate of drug-likeness (QED) is 0.812. The standard InChI is InChI=1S/C15H19F2NO2/c1-18(11-15(16)17)10-12-6-7-14(20-2)13(9-12)5-3-4-8-19/h6-7,9,15,19H,4,8,10-11H2,1-2H3. The van der Waals surface area contributed by atoms with E-state index in [0.717, 1.165) is 5.56 Å². The maximum absolute atomic E-state index is 12.3. The number of ether oxygens (including phenoxy) is 1. The highest BCUT2D eigenvalue weighted by molar-refractivity contribution is 5.48. The smallest absolute Gasteiger partial charge is 0.251 e. The average molecular weight is 283 g/mol. The normalized spacial score (nSPS) is 10.6. The predicted molar refractivity (Wildman–Crippen MR) is 73.9 cm³/mol. The van der Waals surface area contributed by atoms with Crippen molar-refractivity contribution < 1.29 is 18.6 Å². The van der Waals surface area contributed by atoms with Gasteiger partial charge in [-0.1, -0.05) is 17.9 Å². The Morgan fingerprint density at radius 1 is 1.40 bits per heavy atom. The van der Waals surface area contributed by atoms with Gasteiger partial charge in [0.2, 0.25) is 0 Å². The van der Waals surface area contributed by atoms with E-state index in [9.17, 15) is 8.78 Å². The SMILES string of the molecule is COc1ccc(CN(C)CC(F)F)cc1C#CCCO. The molecule has 0 atom stereocenters. The molecular weight excluding hydrogens is 264 g/mol. The molecule has 1 aromatic carbocycles. The van der Waals surface area contributed by atoms with Crippen LogP contribution in [0.1, 0.15) is 17.5 Å². The Morgan fingerprint density at radius 3 is 2.75 bits per heavy atom. The third kappa shape index (κ3) is 5.55. The zero-order chi connectivity index (χ0) is 15.0. The number of hydrogen-bond acceptors (Lipinski definition) is 3. The average Bonchev–Trinajstić information content (AvgIpc) is 2.38. The van der Waals surface area contributed by atoms with Crippen molar-refractivity contribution in [3.63, 3.8) is 0 Å². The van der Waals surface area contributed by atoms with Crippen LogP contribution in [0.25, 0.3) is 0 Å². The van der Waals surface area contributed by atoms with E-state index in [1.807, 2.05) is 12.1 Å². The summed E-state index contributed by atoms with van der Waals surface area (Å²) in [4.78, 5) is 1.55. The Hall–Kier alpha value is -1.64. The number of alkyl halides is 2. The molecule has 0 saturated carbocycles. The second-order valence-corrected chi connectivity index (χ2v) is 4.40. The molecular formula is C15H19F2NO2. The molecule has 0 aliphatic heterocycles. The third-order valence-electron chi connectivity index (χ3n) is 2.63. The molecule has 3 nitrogen and oxygen atoms in total. The Labute approximate surface area is 118 Å². The summed E-state index contributed by atoms with van der Waals surface area (Å²) in [6.45, 7) is 0.159. The minimum absolute atomic E-state index is 0.00608. The van der Waals surface area contributed by atoms with Gasteiger partial charge in [0.05, 0.1) is 25.8 Å². The fourth-order valence-electron chi connectivity index (χ4n) is 1.78. The number of benzene rings is 1. The lowest BCUT2D eigenvalue weighted by Gasteiger charge is -2.16. The highest BCUT2D eigenvalue weighted by Crippen LogP contribution is 2.19. The van der Waals surface area contributed by atoms with Crippen LogP contribution < -0.4 is 4.74 Å². The first-order valence-corrected chi connectivity index (χ1v) is 6.30. The van der Waals surface area contributed by atoms with Gasteiger partial charge < -0.3 is 9.84 Å². The largest absolute Gasteiger partial charge is 0.495 e. The van der Waals surface area contributed by atoms with Gasteiger partial charge in [0.25, 0.3) is 6.43 Å². The van der Waals surface area contributed by atoms with Gasteiger partial charge in [0.15, 0.2) is 0 Å². The molecule has 0 spiro atoms. The topological polar surface area (TPSA) is 32.7 Å². The first-order chi connectivity index (χ1) is 9.56. The lowest BCUT2D eigenvalue weighted by molar-refractivity contribution is 0.0975. The summed E-state index contributed by atoms with van der Waals surface area (Å²) in [6, 6.07) is 5.43. The molecule has 0 aliphatic carbocycles. The summed E-state index contributed by atoms with van der Waals surface area (Å²) in [7, 11) is 3.20. The van der Waals surface area contributed by atoms with Crippen molar-refractivity contribution in [2.45, 2.75) is 19.4 Å². The first kappa shape index (κ1) is 16.4. The molecule has 0 fully saturated rings. The minimum atomic E-state index is -2.35. The predicted octanol–water partition coefficient (Wildman–Crippen LogP) is 2.13. The third-order valence-corrected chi connectivity index (χ3v) is 2.63. The van der Waals surface area contributed by atoms with Crippen molar-refractivity contribution in [3.8, 4) is 17.6 Å². The van der Waals surface area contributed by atoms with Gasteiger partial charge in [0.1, 0.15) is 5.75 Å². The van der Waals surface area contributed by atoms with Crippen molar-refractivity contribution in [1.29, 1.82) is 0 Å². The lowest BCUT2D eigenvalue weighted by atomic mass is 10.1. The van der Waals surface area contributed by atoms with Crippen LogP contribution in [-0.2, 0) is 6.54 Å². The van der Waals surface area contributed by atoms with Gasteiger partial charge in [-0.15, -0.1) is 0 Å². The number of halogens is 2. The van der Waals surface area contributed by atoms with Crippen molar-refractivity contribution in [1.82, 2.24) is 4.90 Å². The second-order valence-electron chi connectivity index (χ2n) is 4.40. The molecule has 110 valence electrons. The van der Waals surface area contributed by atoms with Crippen LogP contribution in [0.5, 0.6) is 5.75 Å². The van der Waals surface area contributed by atoms with Gasteiger partial charge >= 0.3 is 0 Å².